The Morgan fingerprint density at radius 3 is 2.71 bits per heavy atom. The molecular formula is C9H17N3O5. The summed E-state index contributed by atoms with van der Waals surface area (Å²) >= 11 is 0. The largest absolute Gasteiger partial charge is 0.394 e. The van der Waals surface area contributed by atoms with E-state index in [1.165, 1.54) is 0 Å². The first-order valence-electron chi connectivity index (χ1n) is 5.36. The minimum absolute atomic E-state index is 0.153. The lowest BCUT2D eigenvalue weighted by Crippen LogP contribution is -2.55. The van der Waals surface area contributed by atoms with Gasteiger partial charge in [-0.2, -0.15) is 0 Å². The molecule has 0 aromatic heterocycles. The molecule has 3 N–H and O–H groups in total. The first-order valence-corrected chi connectivity index (χ1v) is 5.36. The summed E-state index contributed by atoms with van der Waals surface area (Å²) in [5.74, 6) is -0.432. The van der Waals surface area contributed by atoms with Crippen LogP contribution >= 0.6 is 0 Å². The third-order valence-electron chi connectivity index (χ3n) is 2.72. The van der Waals surface area contributed by atoms with Crippen molar-refractivity contribution in [2.75, 3.05) is 19.8 Å². The molecule has 1 aliphatic rings. The van der Waals surface area contributed by atoms with Gasteiger partial charge in [-0.1, -0.05) is 12.0 Å². The number of aliphatic hydroxyl groups is 3. The van der Waals surface area contributed by atoms with Gasteiger partial charge in [0, 0.05) is 17.4 Å². The quantitative estimate of drug-likeness (QED) is 0.258. The van der Waals surface area contributed by atoms with Gasteiger partial charge in [-0.15, -0.1) is 0 Å². The predicted octanol–water partition coefficient (Wildman–Crippen LogP) is -0.612. The number of nitrogens with zero attached hydrogens (tertiary/aromatic N) is 3. The molecule has 1 saturated heterocycles. The maximum absolute atomic E-state index is 9.72. The SMILES string of the molecule is C[C@H]1C(O)[C@H](O)C(CO)O[C@H]1OCCN=[N+]=[N-]. The highest BCUT2D eigenvalue weighted by atomic mass is 16.7. The first kappa shape index (κ1) is 14.2. The van der Waals surface area contributed by atoms with Crippen LogP contribution in [0, 0.1) is 5.92 Å². The molecule has 2 unspecified atom stereocenters. The van der Waals surface area contributed by atoms with Crippen LogP contribution in [-0.2, 0) is 9.47 Å². The molecule has 98 valence electrons. The Labute approximate surface area is 98.4 Å². The van der Waals surface area contributed by atoms with Gasteiger partial charge in [0.05, 0.1) is 19.3 Å². The Morgan fingerprint density at radius 1 is 1.41 bits per heavy atom. The van der Waals surface area contributed by atoms with Crippen molar-refractivity contribution in [3.8, 4) is 0 Å². The average Bonchev–Trinajstić information content (AvgIpc) is 2.34. The molecule has 8 nitrogen and oxygen atoms in total. The van der Waals surface area contributed by atoms with E-state index >= 15 is 0 Å². The van der Waals surface area contributed by atoms with Gasteiger partial charge >= 0.3 is 0 Å². The number of ether oxygens (including phenoxy) is 2. The third-order valence-corrected chi connectivity index (χ3v) is 2.72. The van der Waals surface area contributed by atoms with Gasteiger partial charge in [0.2, 0.25) is 0 Å². The second kappa shape index (κ2) is 6.75. The van der Waals surface area contributed by atoms with E-state index in [1.54, 1.807) is 6.92 Å². The number of hydrogen-bond donors (Lipinski definition) is 3. The number of aliphatic hydroxyl groups excluding tert-OH is 3. The summed E-state index contributed by atoms with van der Waals surface area (Å²) in [6, 6.07) is 0. The maximum atomic E-state index is 9.72. The lowest BCUT2D eigenvalue weighted by atomic mass is 9.92. The monoisotopic (exact) mass is 247 g/mol. The molecule has 1 rings (SSSR count). The van der Waals surface area contributed by atoms with E-state index in [0.29, 0.717) is 0 Å². The molecule has 1 aliphatic heterocycles. The third kappa shape index (κ3) is 3.53. The van der Waals surface area contributed by atoms with Gasteiger partial charge in [0.15, 0.2) is 6.29 Å². The molecule has 0 radical (unpaired) electrons. The molecule has 5 atom stereocenters. The summed E-state index contributed by atoms with van der Waals surface area (Å²) < 4.78 is 10.6. The highest BCUT2D eigenvalue weighted by Gasteiger charge is 2.42. The first-order chi connectivity index (χ1) is 8.11. The number of azide groups is 1. The zero-order chi connectivity index (χ0) is 12.8. The van der Waals surface area contributed by atoms with Gasteiger partial charge in [-0.05, 0) is 5.53 Å². The summed E-state index contributed by atoms with van der Waals surface area (Å²) in [4.78, 5) is 2.57. The van der Waals surface area contributed by atoms with Crippen LogP contribution in [0.15, 0.2) is 5.11 Å². The fourth-order valence-corrected chi connectivity index (χ4v) is 1.67. The van der Waals surface area contributed by atoms with Crippen LogP contribution < -0.4 is 0 Å². The van der Waals surface area contributed by atoms with E-state index in [0.717, 1.165) is 0 Å². The highest BCUT2D eigenvalue weighted by Crippen LogP contribution is 2.26. The van der Waals surface area contributed by atoms with Crippen LogP contribution in [0.25, 0.3) is 10.4 Å². The van der Waals surface area contributed by atoms with Gasteiger partial charge in [0.25, 0.3) is 0 Å². The maximum Gasteiger partial charge on any atom is 0.163 e. The van der Waals surface area contributed by atoms with Crippen molar-refractivity contribution in [3.63, 3.8) is 0 Å². The fraction of sp³-hybridized carbons (Fsp3) is 1.00. The second-order valence-electron chi connectivity index (χ2n) is 3.89. The van der Waals surface area contributed by atoms with E-state index in [2.05, 4.69) is 10.0 Å². The van der Waals surface area contributed by atoms with Crippen molar-refractivity contribution in [1.82, 2.24) is 0 Å². The van der Waals surface area contributed by atoms with Gasteiger partial charge < -0.3 is 24.8 Å². The smallest absolute Gasteiger partial charge is 0.163 e. The van der Waals surface area contributed by atoms with Gasteiger partial charge in [0.1, 0.15) is 12.2 Å². The van der Waals surface area contributed by atoms with Crippen LogP contribution in [0.5, 0.6) is 0 Å². The number of rotatable bonds is 5. The summed E-state index contributed by atoms with van der Waals surface area (Å²) in [6.07, 6.45) is -3.76. The van der Waals surface area contributed by atoms with E-state index < -0.39 is 37.1 Å². The second-order valence-corrected chi connectivity index (χ2v) is 3.89. The molecule has 8 heteroatoms. The minimum Gasteiger partial charge on any atom is -0.394 e. The van der Waals surface area contributed by atoms with Gasteiger partial charge in [-0.25, -0.2) is 0 Å². The predicted molar refractivity (Wildman–Crippen MR) is 56.9 cm³/mol. The molecule has 0 aromatic carbocycles. The van der Waals surface area contributed by atoms with Crippen LogP contribution in [0.1, 0.15) is 6.92 Å². The van der Waals surface area contributed by atoms with Crippen molar-refractivity contribution in [2.45, 2.75) is 31.5 Å². The molecule has 0 bridgehead atoms. The standard InChI is InChI=1S/C9H17N3O5/c1-5-7(14)8(15)6(4-13)17-9(5)16-3-2-11-12-10/h5-9,13-15H,2-4H2,1H3/t5-,6?,7?,8+,9+/m0/s1. The Morgan fingerprint density at radius 2 is 2.12 bits per heavy atom. The van der Waals surface area contributed by atoms with Crippen molar-refractivity contribution in [2.24, 2.45) is 11.0 Å². The van der Waals surface area contributed by atoms with E-state index in [9.17, 15) is 10.2 Å². The van der Waals surface area contributed by atoms with Crippen LogP contribution in [0.3, 0.4) is 0 Å². The molecule has 0 aliphatic carbocycles. The molecule has 0 aromatic rings. The molecule has 0 amide bonds. The van der Waals surface area contributed by atoms with Crippen LogP contribution in [-0.4, -0.2) is 59.7 Å². The lowest BCUT2D eigenvalue weighted by molar-refractivity contribution is -0.281. The zero-order valence-electron chi connectivity index (χ0n) is 9.51. The Bertz CT molecular complexity index is 282. The molecule has 0 spiro atoms. The summed E-state index contributed by atoms with van der Waals surface area (Å²) in [5.41, 5.74) is 8.08. The molecule has 17 heavy (non-hydrogen) atoms. The van der Waals surface area contributed by atoms with Gasteiger partial charge in [-0.3, -0.25) is 0 Å². The summed E-state index contributed by atoms with van der Waals surface area (Å²) in [7, 11) is 0. The normalized spacial score (nSPS) is 37.5. The van der Waals surface area contributed by atoms with Crippen molar-refractivity contribution < 1.29 is 24.8 Å². The Hall–Kier alpha value is -0.890. The van der Waals surface area contributed by atoms with E-state index in [1.807, 2.05) is 0 Å². The fourth-order valence-electron chi connectivity index (χ4n) is 1.67. The summed E-state index contributed by atoms with van der Waals surface area (Å²) in [6.45, 7) is 1.58. The Balaban J connectivity index is 2.50. The number of hydrogen-bond acceptors (Lipinski definition) is 6. The van der Waals surface area contributed by atoms with Crippen LogP contribution in [0.4, 0.5) is 0 Å². The molecule has 0 saturated carbocycles. The van der Waals surface area contributed by atoms with E-state index in [4.69, 9.17) is 20.1 Å². The van der Waals surface area contributed by atoms with Crippen molar-refractivity contribution >= 4 is 0 Å². The van der Waals surface area contributed by atoms with Crippen molar-refractivity contribution in [1.29, 1.82) is 0 Å². The zero-order valence-corrected chi connectivity index (χ0v) is 9.51. The van der Waals surface area contributed by atoms with Crippen LogP contribution in [0.2, 0.25) is 0 Å². The molecule has 1 heterocycles. The molecular weight excluding hydrogens is 230 g/mol. The minimum atomic E-state index is -1.13. The molecule has 1 fully saturated rings. The lowest BCUT2D eigenvalue weighted by Gasteiger charge is -2.40. The highest BCUT2D eigenvalue weighted by molar-refractivity contribution is 4.86. The Kier molecular flexibility index (Phi) is 5.63. The van der Waals surface area contributed by atoms with Crippen molar-refractivity contribution in [3.05, 3.63) is 10.4 Å². The topological polar surface area (TPSA) is 128 Å². The van der Waals surface area contributed by atoms with E-state index in [-0.39, 0.29) is 13.2 Å². The summed E-state index contributed by atoms with van der Waals surface area (Å²) in [5, 5.41) is 31.6. The average molecular weight is 247 g/mol.